The summed E-state index contributed by atoms with van der Waals surface area (Å²) < 4.78 is 0. The number of rotatable bonds is 29. The summed E-state index contributed by atoms with van der Waals surface area (Å²) in [4.78, 5) is 0. The van der Waals surface area contributed by atoms with Crippen LogP contribution in [0.25, 0.3) is 0 Å². The maximum Gasteiger partial charge on any atom is 0.0316 e. The molecule has 1 aliphatic carbocycles. The summed E-state index contributed by atoms with van der Waals surface area (Å²) in [5, 5.41) is 0. The van der Waals surface area contributed by atoms with Crippen LogP contribution in [0.15, 0.2) is 84.9 Å². The lowest BCUT2D eigenvalue weighted by Gasteiger charge is -2.42. The number of hydrogen-bond acceptors (Lipinski definition) is 2. The molecule has 1 saturated carbocycles. The Balaban J connectivity index is 1.37. The highest BCUT2D eigenvalue weighted by atomic mass is 14.5. The van der Waals surface area contributed by atoms with E-state index in [0.717, 1.165) is 17.3 Å². The van der Waals surface area contributed by atoms with Crippen LogP contribution in [0.2, 0.25) is 0 Å². The fourth-order valence-electron chi connectivity index (χ4n) is 11.3. The molecular formula is C60H90N2. The zero-order chi connectivity index (χ0) is 44.0. The van der Waals surface area contributed by atoms with Gasteiger partial charge in [0.15, 0.2) is 0 Å². The Hall–Kier alpha value is -3.52. The van der Waals surface area contributed by atoms with Gasteiger partial charge in [0.2, 0.25) is 0 Å². The molecule has 0 radical (unpaired) electrons. The van der Waals surface area contributed by atoms with Crippen molar-refractivity contribution in [1.29, 1.82) is 0 Å². The van der Waals surface area contributed by atoms with E-state index < -0.39 is 0 Å². The van der Waals surface area contributed by atoms with Crippen LogP contribution < -0.4 is 11.5 Å². The molecule has 5 rings (SSSR count). The van der Waals surface area contributed by atoms with Crippen molar-refractivity contribution in [2.45, 2.75) is 225 Å². The van der Waals surface area contributed by atoms with Gasteiger partial charge < -0.3 is 11.5 Å². The highest BCUT2D eigenvalue weighted by molar-refractivity contribution is 5.51. The zero-order valence-corrected chi connectivity index (χ0v) is 40.6. The second-order valence-electron chi connectivity index (χ2n) is 20.0. The second-order valence-corrected chi connectivity index (χ2v) is 20.0. The highest BCUT2D eigenvalue weighted by Gasteiger charge is 2.38. The van der Waals surface area contributed by atoms with Crippen LogP contribution >= 0.6 is 0 Å². The minimum Gasteiger partial charge on any atom is -0.399 e. The molecule has 1 aliphatic rings. The van der Waals surface area contributed by atoms with Crippen LogP contribution in [0.4, 0.5) is 11.4 Å². The normalized spacial score (nSPS) is 17.6. The third-order valence-electron chi connectivity index (χ3n) is 15.2. The van der Waals surface area contributed by atoms with Gasteiger partial charge in [-0.25, -0.2) is 0 Å². The fraction of sp³-hybridized carbons (Fsp3) is 0.600. The Morgan fingerprint density at radius 1 is 0.452 bits per heavy atom. The Morgan fingerprint density at radius 3 is 1.16 bits per heavy atom. The van der Waals surface area contributed by atoms with Crippen molar-refractivity contribution in [3.63, 3.8) is 0 Å². The first-order valence-corrected chi connectivity index (χ1v) is 26.2. The Labute approximate surface area is 381 Å². The predicted octanol–water partition coefficient (Wildman–Crippen LogP) is 18.2. The maximum atomic E-state index is 6.29. The van der Waals surface area contributed by atoms with Gasteiger partial charge in [-0.2, -0.15) is 0 Å². The van der Waals surface area contributed by atoms with E-state index in [4.69, 9.17) is 11.5 Å². The fourth-order valence-corrected chi connectivity index (χ4v) is 11.3. The van der Waals surface area contributed by atoms with Crippen molar-refractivity contribution in [1.82, 2.24) is 0 Å². The predicted molar refractivity (Wildman–Crippen MR) is 274 cm³/mol. The van der Waals surface area contributed by atoms with Gasteiger partial charge in [0.05, 0.1) is 0 Å². The van der Waals surface area contributed by atoms with Crippen LogP contribution in [0.3, 0.4) is 0 Å². The molecule has 0 aromatic heterocycles. The summed E-state index contributed by atoms with van der Waals surface area (Å²) in [6.07, 6.45) is 36.1. The average molecular weight is 839 g/mol. The van der Waals surface area contributed by atoms with Crippen molar-refractivity contribution in [3.05, 3.63) is 129 Å². The van der Waals surface area contributed by atoms with Crippen molar-refractivity contribution in [2.75, 3.05) is 11.5 Å². The lowest BCUT2D eigenvalue weighted by atomic mass is 9.62. The molecule has 2 unspecified atom stereocenters. The molecule has 2 nitrogen and oxygen atoms in total. The SMILES string of the molecule is CCCCCCCCCCCC(c1ccc(C2(c3ccc(C(CCCCCCCCCCC)c4ccc(N)cc4C)cc3)CCC(CCCC)CC2)cc1)c1ccc(N)cc1C. The number of benzene rings is 4. The minimum absolute atomic E-state index is 0.0489. The molecule has 4 N–H and O–H groups in total. The van der Waals surface area contributed by atoms with Gasteiger partial charge >= 0.3 is 0 Å². The van der Waals surface area contributed by atoms with E-state index in [-0.39, 0.29) is 5.41 Å². The van der Waals surface area contributed by atoms with Crippen molar-refractivity contribution < 1.29 is 0 Å². The maximum absolute atomic E-state index is 6.29. The second kappa shape index (κ2) is 27.0. The number of hydrogen-bond donors (Lipinski definition) is 2. The first-order valence-electron chi connectivity index (χ1n) is 26.2. The topological polar surface area (TPSA) is 52.0 Å². The molecular weight excluding hydrogens is 749 g/mol. The van der Waals surface area contributed by atoms with Gasteiger partial charge in [0.1, 0.15) is 0 Å². The largest absolute Gasteiger partial charge is 0.399 e. The molecule has 2 atom stereocenters. The number of nitrogen functional groups attached to an aromatic ring is 2. The number of anilines is 2. The average Bonchev–Trinajstić information content (AvgIpc) is 3.28. The van der Waals surface area contributed by atoms with Crippen LogP contribution in [0.5, 0.6) is 0 Å². The van der Waals surface area contributed by atoms with Gasteiger partial charge in [-0.05, 0) is 127 Å². The zero-order valence-electron chi connectivity index (χ0n) is 40.6. The van der Waals surface area contributed by atoms with Crippen molar-refractivity contribution >= 4 is 11.4 Å². The Morgan fingerprint density at radius 2 is 0.806 bits per heavy atom. The summed E-state index contributed by atoms with van der Waals surface area (Å²) in [6, 6.07) is 33.4. The third-order valence-corrected chi connectivity index (χ3v) is 15.2. The van der Waals surface area contributed by atoms with Gasteiger partial charge in [-0.1, -0.05) is 216 Å². The van der Waals surface area contributed by atoms with E-state index in [9.17, 15) is 0 Å². The molecule has 0 bridgehead atoms. The van der Waals surface area contributed by atoms with Gasteiger partial charge in [0, 0.05) is 28.6 Å². The van der Waals surface area contributed by atoms with Gasteiger partial charge in [-0.15, -0.1) is 0 Å². The quantitative estimate of drug-likeness (QED) is 0.0423. The van der Waals surface area contributed by atoms with E-state index in [0.29, 0.717) is 11.8 Å². The van der Waals surface area contributed by atoms with Crippen molar-refractivity contribution in [2.24, 2.45) is 5.92 Å². The van der Waals surface area contributed by atoms with Crippen LogP contribution in [-0.4, -0.2) is 0 Å². The summed E-state index contributed by atoms with van der Waals surface area (Å²) in [5.74, 6) is 1.65. The number of aryl methyl sites for hydroxylation is 2. The molecule has 2 heteroatoms. The first kappa shape index (κ1) is 49.5. The first-order chi connectivity index (χ1) is 30.3. The standard InChI is InChI=1S/C60H90N2/c1-6-9-12-14-16-18-20-22-24-27-58(56-39-37-54(61)45-47(56)4)50-29-33-52(34-30-50)60(43-41-49(42-44-60)26-11-8-3)53-35-31-51(32-36-53)59(57-40-38-55(62)46-48(57)5)28-25-23-21-19-17-15-13-10-7-2/h29-40,45-46,49,58-59H,6-28,41-44,61-62H2,1-5H3. The van der Waals surface area contributed by atoms with Crippen LogP contribution in [0.1, 0.15) is 250 Å². The molecule has 0 saturated heterocycles. The molecule has 4 aromatic rings. The minimum atomic E-state index is 0.0489. The lowest BCUT2D eigenvalue weighted by Crippen LogP contribution is -2.33. The monoisotopic (exact) mass is 839 g/mol. The molecule has 0 heterocycles. The smallest absolute Gasteiger partial charge is 0.0316 e. The summed E-state index contributed by atoms with van der Waals surface area (Å²) in [7, 11) is 0. The Bertz CT molecular complexity index is 1690. The summed E-state index contributed by atoms with van der Waals surface area (Å²) in [6.45, 7) is 11.5. The molecule has 4 aromatic carbocycles. The number of unbranched alkanes of at least 4 members (excludes halogenated alkanes) is 17. The Kier molecular flexibility index (Phi) is 21.5. The molecule has 340 valence electrons. The van der Waals surface area contributed by atoms with E-state index in [1.54, 1.807) is 0 Å². The van der Waals surface area contributed by atoms with Gasteiger partial charge in [0.25, 0.3) is 0 Å². The van der Waals surface area contributed by atoms with E-state index >= 15 is 0 Å². The molecule has 1 fully saturated rings. The molecule has 62 heavy (non-hydrogen) atoms. The van der Waals surface area contributed by atoms with Crippen LogP contribution in [-0.2, 0) is 5.41 Å². The molecule has 0 amide bonds. The highest BCUT2D eigenvalue weighted by Crippen LogP contribution is 2.48. The van der Waals surface area contributed by atoms with E-state index in [1.807, 2.05) is 0 Å². The van der Waals surface area contributed by atoms with E-state index in [2.05, 4.69) is 120 Å². The van der Waals surface area contributed by atoms with Crippen molar-refractivity contribution in [3.8, 4) is 0 Å². The third kappa shape index (κ3) is 14.8. The number of nitrogens with two attached hydrogens (primary N) is 2. The molecule has 0 spiro atoms. The summed E-state index contributed by atoms with van der Waals surface area (Å²) >= 11 is 0. The summed E-state index contributed by atoms with van der Waals surface area (Å²) in [5.41, 5.74) is 25.8. The van der Waals surface area contributed by atoms with Gasteiger partial charge in [-0.3, -0.25) is 0 Å². The molecule has 0 aliphatic heterocycles. The van der Waals surface area contributed by atoms with Crippen LogP contribution in [0, 0.1) is 19.8 Å². The lowest BCUT2D eigenvalue weighted by molar-refractivity contribution is 0.251. The van der Waals surface area contributed by atoms with E-state index in [1.165, 1.54) is 218 Å².